The van der Waals surface area contributed by atoms with E-state index in [0.29, 0.717) is 35.1 Å². The van der Waals surface area contributed by atoms with Crippen molar-refractivity contribution >= 4 is 5.95 Å². The normalized spacial score (nSPS) is 41.4. The molecule has 32 heavy (non-hydrogen) atoms. The third kappa shape index (κ3) is 2.10. The van der Waals surface area contributed by atoms with Crippen LogP contribution in [0.25, 0.3) is 0 Å². The first-order chi connectivity index (χ1) is 15.7. The number of benzene rings is 1. The average molecular weight is 429 g/mol. The maximum absolute atomic E-state index is 10.6. The molecule has 3 heterocycles. The zero-order chi connectivity index (χ0) is 21.1. The van der Waals surface area contributed by atoms with Crippen LogP contribution in [0.2, 0.25) is 0 Å². The summed E-state index contributed by atoms with van der Waals surface area (Å²) in [5, 5.41) is 10.6. The first-order valence-corrected chi connectivity index (χ1v) is 12.8. The number of nitrogens with zero attached hydrogens (tertiary/aromatic N) is 4. The number of aromatic nitrogens is 2. The molecule has 5 unspecified atom stereocenters. The summed E-state index contributed by atoms with van der Waals surface area (Å²) in [6.07, 6.45) is 13.0. The second kappa shape index (κ2) is 6.05. The Morgan fingerprint density at radius 2 is 1.97 bits per heavy atom. The van der Waals surface area contributed by atoms with Crippen molar-refractivity contribution in [2.75, 3.05) is 24.5 Å². The van der Waals surface area contributed by atoms with Crippen molar-refractivity contribution in [3.05, 3.63) is 47.8 Å². The highest BCUT2D eigenvalue weighted by Gasteiger charge is 2.76. The van der Waals surface area contributed by atoms with E-state index in [0.717, 1.165) is 18.4 Å². The van der Waals surface area contributed by atoms with Crippen molar-refractivity contribution < 1.29 is 5.11 Å². The van der Waals surface area contributed by atoms with Crippen LogP contribution in [-0.4, -0.2) is 51.7 Å². The first-order valence-electron chi connectivity index (χ1n) is 12.8. The van der Waals surface area contributed by atoms with Crippen molar-refractivity contribution in [2.45, 2.75) is 62.4 Å². The van der Waals surface area contributed by atoms with Crippen LogP contribution < -0.4 is 4.90 Å². The summed E-state index contributed by atoms with van der Waals surface area (Å²) in [6.45, 7) is 3.65. The van der Waals surface area contributed by atoms with Gasteiger partial charge in [0.25, 0.3) is 0 Å². The molecule has 1 aromatic heterocycles. The monoisotopic (exact) mass is 428 g/mol. The molecule has 0 radical (unpaired) electrons. The van der Waals surface area contributed by atoms with Crippen LogP contribution in [0.4, 0.5) is 5.95 Å². The van der Waals surface area contributed by atoms with Gasteiger partial charge in [-0.2, -0.15) is 0 Å². The number of aromatic hydroxyl groups is 1. The Morgan fingerprint density at radius 3 is 2.81 bits per heavy atom. The molecule has 5 heteroatoms. The van der Waals surface area contributed by atoms with Gasteiger partial charge < -0.3 is 10.0 Å². The average Bonchev–Trinajstić information content (AvgIpc) is 3.50. The highest BCUT2D eigenvalue weighted by atomic mass is 16.3. The molecule has 3 saturated carbocycles. The molecule has 2 saturated heterocycles. The van der Waals surface area contributed by atoms with Gasteiger partial charge in [-0.15, -0.1) is 0 Å². The highest BCUT2D eigenvalue weighted by molar-refractivity contribution is 5.53. The fourth-order valence-electron chi connectivity index (χ4n) is 9.61. The molecule has 5 fully saturated rings. The molecule has 4 aliphatic carbocycles. The van der Waals surface area contributed by atoms with E-state index in [1.54, 1.807) is 0 Å². The molecule has 0 spiro atoms. The number of likely N-dealkylation sites (tertiary alicyclic amines) is 1. The molecular formula is C27H32N4O. The molecule has 8 rings (SSSR count). The van der Waals surface area contributed by atoms with Gasteiger partial charge in [0.15, 0.2) is 0 Å². The zero-order valence-electron chi connectivity index (χ0n) is 18.7. The van der Waals surface area contributed by atoms with E-state index in [4.69, 9.17) is 0 Å². The van der Waals surface area contributed by atoms with E-state index in [1.807, 2.05) is 24.5 Å². The largest absolute Gasteiger partial charge is 0.508 e. The van der Waals surface area contributed by atoms with Crippen LogP contribution in [0.5, 0.6) is 5.75 Å². The lowest BCUT2D eigenvalue weighted by molar-refractivity contribution is -0.0921. The van der Waals surface area contributed by atoms with Crippen molar-refractivity contribution in [1.29, 1.82) is 0 Å². The Labute approximate surface area is 189 Å². The van der Waals surface area contributed by atoms with E-state index >= 15 is 0 Å². The minimum atomic E-state index is 0.209. The summed E-state index contributed by atoms with van der Waals surface area (Å²) < 4.78 is 0. The highest BCUT2D eigenvalue weighted by Crippen LogP contribution is 2.75. The Hall–Kier alpha value is -2.14. The minimum absolute atomic E-state index is 0.209. The summed E-state index contributed by atoms with van der Waals surface area (Å²) in [4.78, 5) is 14.8. The van der Waals surface area contributed by atoms with Gasteiger partial charge in [-0.25, -0.2) is 9.97 Å². The summed E-state index contributed by atoms with van der Waals surface area (Å²) >= 11 is 0. The van der Waals surface area contributed by atoms with Gasteiger partial charge in [0.2, 0.25) is 5.95 Å². The third-order valence-corrected chi connectivity index (χ3v) is 10.6. The Kier molecular flexibility index (Phi) is 3.46. The van der Waals surface area contributed by atoms with Gasteiger partial charge in [0.05, 0.1) is 0 Å². The minimum Gasteiger partial charge on any atom is -0.508 e. The van der Waals surface area contributed by atoms with E-state index in [1.165, 1.54) is 69.2 Å². The summed E-state index contributed by atoms with van der Waals surface area (Å²) in [6, 6.07) is 9.48. The van der Waals surface area contributed by atoms with Gasteiger partial charge in [0.1, 0.15) is 5.75 Å². The summed E-state index contributed by atoms with van der Waals surface area (Å²) in [5.74, 6) is 3.69. The maximum atomic E-state index is 10.6. The predicted octanol–water partition coefficient (Wildman–Crippen LogP) is 3.77. The second-order valence-electron chi connectivity index (χ2n) is 11.7. The topological polar surface area (TPSA) is 52.5 Å². The van der Waals surface area contributed by atoms with Gasteiger partial charge >= 0.3 is 0 Å². The quantitative estimate of drug-likeness (QED) is 0.807. The van der Waals surface area contributed by atoms with Crippen molar-refractivity contribution in [3.8, 4) is 5.75 Å². The first kappa shape index (κ1) is 18.3. The zero-order valence-corrected chi connectivity index (χ0v) is 18.7. The molecule has 166 valence electrons. The lowest BCUT2D eigenvalue weighted by Gasteiger charge is -2.66. The van der Waals surface area contributed by atoms with E-state index in [-0.39, 0.29) is 5.41 Å². The second-order valence-corrected chi connectivity index (χ2v) is 11.7. The number of anilines is 1. The molecule has 6 aliphatic rings. The molecular weight excluding hydrogens is 396 g/mol. The molecule has 5 nitrogen and oxygen atoms in total. The molecule has 0 amide bonds. The van der Waals surface area contributed by atoms with Crippen LogP contribution in [0, 0.1) is 23.2 Å². The third-order valence-electron chi connectivity index (χ3n) is 10.6. The Bertz CT molecular complexity index is 1090. The van der Waals surface area contributed by atoms with E-state index in [2.05, 4.69) is 31.9 Å². The number of phenolic OH excluding ortho intramolecular Hbond substituents is 1. The molecule has 2 aliphatic heterocycles. The Morgan fingerprint density at radius 1 is 1.09 bits per heavy atom. The predicted molar refractivity (Wildman–Crippen MR) is 123 cm³/mol. The number of piperidine rings is 1. The molecule has 1 aromatic carbocycles. The smallest absolute Gasteiger partial charge is 0.225 e. The van der Waals surface area contributed by atoms with Gasteiger partial charge in [-0.3, -0.25) is 4.90 Å². The maximum Gasteiger partial charge on any atom is 0.225 e. The van der Waals surface area contributed by atoms with E-state index < -0.39 is 0 Å². The fraction of sp³-hybridized carbons (Fsp3) is 0.630. The fourth-order valence-corrected chi connectivity index (χ4v) is 9.61. The van der Waals surface area contributed by atoms with Gasteiger partial charge in [-0.05, 0) is 104 Å². The Balaban J connectivity index is 1.29. The lowest BCUT2D eigenvalue weighted by atomic mass is 9.43. The number of rotatable bonds is 3. The molecule has 6 atom stereocenters. The van der Waals surface area contributed by atoms with Crippen LogP contribution in [0.15, 0.2) is 36.7 Å². The standard InChI is InChI=1S/C27H32N4O/c32-20-5-4-18-12-23-26-7-6-22-24(19(14-26)16-31(22)25-28-9-1-10-29-25)27(26,21(18)13-20)8-11-30(23)15-17-2-3-17/h1,4-5,9-10,13,17,19,22-24,32H,2-3,6-8,11-12,14-16H2/t19-,22?,23?,24?,26?,27?/m1/s1. The number of fused-ring (bicyclic) bond motifs is 1. The SMILES string of the molecule is Oc1ccc2c(c1)C13CCN(CC4CC4)C(C2)C12CCC1C3[C@@H](CN1c1ncccn1)C2. The van der Waals surface area contributed by atoms with Gasteiger partial charge in [-0.1, -0.05) is 6.07 Å². The van der Waals surface area contributed by atoms with E-state index in [9.17, 15) is 5.11 Å². The molecule has 1 N–H and O–H groups in total. The van der Waals surface area contributed by atoms with Crippen LogP contribution in [0.3, 0.4) is 0 Å². The summed E-state index contributed by atoms with van der Waals surface area (Å²) in [7, 11) is 0. The van der Waals surface area contributed by atoms with Crippen molar-refractivity contribution in [3.63, 3.8) is 0 Å². The van der Waals surface area contributed by atoms with Crippen molar-refractivity contribution in [2.24, 2.45) is 23.2 Å². The number of hydrogen-bond donors (Lipinski definition) is 1. The molecule has 4 bridgehead atoms. The number of phenols is 1. The number of hydrogen-bond acceptors (Lipinski definition) is 5. The van der Waals surface area contributed by atoms with Crippen LogP contribution in [0.1, 0.15) is 49.7 Å². The van der Waals surface area contributed by atoms with Crippen molar-refractivity contribution in [1.82, 2.24) is 14.9 Å². The summed E-state index contributed by atoms with van der Waals surface area (Å²) in [5.41, 5.74) is 3.62. The van der Waals surface area contributed by atoms with Gasteiger partial charge in [0, 0.05) is 43.0 Å². The molecule has 2 aromatic rings. The lowest BCUT2D eigenvalue weighted by Crippen LogP contribution is -2.69. The van der Waals surface area contributed by atoms with Crippen LogP contribution >= 0.6 is 0 Å². The van der Waals surface area contributed by atoms with Crippen LogP contribution in [-0.2, 0) is 11.8 Å².